The van der Waals surface area contributed by atoms with E-state index < -0.39 is 0 Å². The van der Waals surface area contributed by atoms with Crippen molar-refractivity contribution in [2.45, 2.75) is 56.6 Å². The number of imidazole rings is 1. The zero-order chi connectivity index (χ0) is 21.7. The van der Waals surface area contributed by atoms with Crippen molar-refractivity contribution in [2.75, 3.05) is 32.0 Å². The third kappa shape index (κ3) is 3.76. The van der Waals surface area contributed by atoms with Crippen molar-refractivity contribution in [2.24, 2.45) is 0 Å². The average Bonchev–Trinajstić information content (AvgIpc) is 3.57. The van der Waals surface area contributed by atoms with Crippen LogP contribution in [0, 0.1) is 0 Å². The van der Waals surface area contributed by atoms with Crippen molar-refractivity contribution >= 4 is 34.7 Å². The smallest absolute Gasteiger partial charge is 0.276 e. The number of aliphatic hydroxyl groups excluding tert-OH is 1. The molecule has 2 aromatic rings. The number of nitrogens with one attached hydrogen (secondary N) is 1. The lowest BCUT2D eigenvalue weighted by molar-refractivity contribution is -0.138. The molecule has 0 atom stereocenters. The van der Waals surface area contributed by atoms with E-state index in [4.69, 9.17) is 11.6 Å². The lowest BCUT2D eigenvalue weighted by atomic mass is 9.91. The highest BCUT2D eigenvalue weighted by atomic mass is 35.5. The molecule has 0 spiro atoms. The molecule has 2 aromatic heterocycles. The second-order valence-electron chi connectivity index (χ2n) is 8.93. The summed E-state index contributed by atoms with van der Waals surface area (Å²) in [5.74, 6) is 0.185. The van der Waals surface area contributed by atoms with Crippen molar-refractivity contribution in [3.63, 3.8) is 0 Å². The van der Waals surface area contributed by atoms with Crippen LogP contribution in [0.1, 0.15) is 60.5 Å². The molecular formula is C22H28ClN5O3. The maximum atomic E-state index is 13.2. The van der Waals surface area contributed by atoms with E-state index in [-0.39, 0.29) is 41.4 Å². The summed E-state index contributed by atoms with van der Waals surface area (Å²) in [7, 11) is 1.83. The predicted octanol–water partition coefficient (Wildman–Crippen LogP) is 2.49. The fraction of sp³-hybridized carbons (Fsp3) is 0.591. The highest BCUT2D eigenvalue weighted by Crippen LogP contribution is 2.42. The number of halogens is 1. The summed E-state index contributed by atoms with van der Waals surface area (Å²) in [4.78, 5) is 34.0. The molecule has 2 saturated carbocycles. The van der Waals surface area contributed by atoms with Crippen LogP contribution in [0.5, 0.6) is 0 Å². The van der Waals surface area contributed by atoms with E-state index in [0.717, 1.165) is 31.4 Å². The van der Waals surface area contributed by atoms with Gasteiger partial charge >= 0.3 is 0 Å². The van der Waals surface area contributed by atoms with Crippen LogP contribution < -0.4 is 5.32 Å². The largest absolute Gasteiger partial charge is 0.393 e. The molecule has 9 heteroatoms. The normalized spacial score (nSPS) is 24.7. The van der Waals surface area contributed by atoms with E-state index in [1.807, 2.05) is 18.1 Å². The molecule has 2 aliphatic carbocycles. The summed E-state index contributed by atoms with van der Waals surface area (Å²) in [5, 5.41) is 13.2. The van der Waals surface area contributed by atoms with E-state index in [2.05, 4.69) is 16.4 Å². The average molecular weight is 446 g/mol. The number of carbonyl (C=O) groups is 2. The summed E-state index contributed by atoms with van der Waals surface area (Å²) in [6, 6.07) is 2.24. The van der Waals surface area contributed by atoms with Crippen molar-refractivity contribution in [1.29, 1.82) is 0 Å². The van der Waals surface area contributed by atoms with Gasteiger partial charge in [0.2, 0.25) is 5.91 Å². The van der Waals surface area contributed by atoms with Gasteiger partial charge in [-0.25, -0.2) is 4.98 Å². The number of hydrogen-bond acceptors (Lipinski definition) is 5. The summed E-state index contributed by atoms with van der Waals surface area (Å²) >= 11 is 6.60. The van der Waals surface area contributed by atoms with Crippen LogP contribution in [-0.4, -0.2) is 74.9 Å². The van der Waals surface area contributed by atoms with Crippen LogP contribution >= 0.6 is 11.6 Å². The van der Waals surface area contributed by atoms with Crippen LogP contribution in [0.4, 0.5) is 5.69 Å². The Bertz CT molecular complexity index is 1030. The number of hydrogen-bond donors (Lipinski definition) is 2. The molecule has 31 heavy (non-hydrogen) atoms. The van der Waals surface area contributed by atoms with Gasteiger partial charge in [0, 0.05) is 32.4 Å². The van der Waals surface area contributed by atoms with E-state index in [1.54, 1.807) is 9.30 Å². The summed E-state index contributed by atoms with van der Waals surface area (Å²) in [6.45, 7) is 0.998. The van der Waals surface area contributed by atoms with E-state index in [0.29, 0.717) is 24.7 Å². The van der Waals surface area contributed by atoms with Gasteiger partial charge in [0.1, 0.15) is 11.7 Å². The summed E-state index contributed by atoms with van der Waals surface area (Å²) in [6.07, 6.45) is 7.13. The Labute approximate surface area is 186 Å². The molecule has 0 aromatic carbocycles. The molecule has 3 aliphatic rings. The van der Waals surface area contributed by atoms with Crippen LogP contribution in [0.25, 0.3) is 5.65 Å². The van der Waals surface area contributed by atoms with Gasteiger partial charge in [0.15, 0.2) is 11.3 Å². The molecule has 166 valence electrons. The van der Waals surface area contributed by atoms with Gasteiger partial charge in [-0.3, -0.25) is 14.0 Å². The standard InChI is InChI=1S/C22H28ClN5O3/c1-24-17-10-14(13-2-3-13)11-28-20(23)19(25-21(17)28)22(31)26-8-9-27(18(30)12-26)15-4-6-16(29)7-5-15/h10-11,13,15-16,24,29H,2-9,12H2,1H3. The maximum Gasteiger partial charge on any atom is 0.276 e. The lowest BCUT2D eigenvalue weighted by Crippen LogP contribution is -2.56. The Morgan fingerprint density at radius 3 is 2.58 bits per heavy atom. The van der Waals surface area contributed by atoms with Crippen LogP contribution in [-0.2, 0) is 4.79 Å². The number of rotatable bonds is 4. The SMILES string of the molecule is CNc1cc(C2CC2)cn2c(Cl)c(C(=O)N3CCN(C4CCC(O)CC4)C(=O)C3)nc12. The molecule has 0 radical (unpaired) electrons. The minimum absolute atomic E-state index is 0.0360. The molecular weight excluding hydrogens is 418 g/mol. The molecule has 1 saturated heterocycles. The molecule has 2 amide bonds. The van der Waals surface area contributed by atoms with Gasteiger partial charge in [-0.1, -0.05) is 11.6 Å². The summed E-state index contributed by atoms with van der Waals surface area (Å²) < 4.78 is 1.78. The molecule has 0 unspecified atom stereocenters. The third-order valence-electron chi connectivity index (χ3n) is 6.86. The van der Waals surface area contributed by atoms with Gasteiger partial charge in [-0.05, 0) is 56.1 Å². The van der Waals surface area contributed by atoms with Gasteiger partial charge in [-0.15, -0.1) is 0 Å². The number of amides is 2. The molecule has 0 bridgehead atoms. The fourth-order valence-electron chi connectivity index (χ4n) is 4.86. The Kier molecular flexibility index (Phi) is 5.30. The second-order valence-corrected chi connectivity index (χ2v) is 9.29. The summed E-state index contributed by atoms with van der Waals surface area (Å²) in [5.41, 5.74) is 2.83. The number of aliphatic hydroxyl groups is 1. The minimum atomic E-state index is -0.309. The first-order valence-electron chi connectivity index (χ1n) is 11.1. The van der Waals surface area contributed by atoms with E-state index in [1.165, 1.54) is 18.4 Å². The first kappa shape index (κ1) is 20.6. The van der Waals surface area contributed by atoms with E-state index >= 15 is 0 Å². The third-order valence-corrected chi connectivity index (χ3v) is 7.22. The monoisotopic (exact) mass is 445 g/mol. The van der Waals surface area contributed by atoms with Gasteiger partial charge in [-0.2, -0.15) is 0 Å². The Balaban J connectivity index is 1.36. The molecule has 1 aliphatic heterocycles. The number of aromatic nitrogens is 2. The molecule has 5 rings (SSSR count). The number of anilines is 1. The molecule has 8 nitrogen and oxygen atoms in total. The van der Waals surface area contributed by atoms with Crippen LogP contribution in [0.3, 0.4) is 0 Å². The number of carbonyl (C=O) groups excluding carboxylic acids is 2. The maximum absolute atomic E-state index is 13.2. The Hall–Kier alpha value is -2.32. The highest BCUT2D eigenvalue weighted by molar-refractivity contribution is 6.33. The number of nitrogens with zero attached hydrogens (tertiary/aromatic N) is 4. The first-order valence-corrected chi connectivity index (χ1v) is 11.5. The highest BCUT2D eigenvalue weighted by Gasteiger charge is 2.35. The first-order chi connectivity index (χ1) is 15.0. The van der Waals surface area contributed by atoms with Gasteiger partial charge < -0.3 is 20.2 Å². The lowest BCUT2D eigenvalue weighted by Gasteiger charge is -2.41. The number of fused-ring (bicyclic) bond motifs is 1. The van der Waals surface area contributed by atoms with Gasteiger partial charge in [0.25, 0.3) is 5.91 Å². The quantitative estimate of drug-likeness (QED) is 0.754. The topological polar surface area (TPSA) is 90.2 Å². The molecule has 3 fully saturated rings. The van der Waals surface area contributed by atoms with Gasteiger partial charge in [0.05, 0.1) is 11.8 Å². The molecule has 2 N–H and O–H groups in total. The zero-order valence-electron chi connectivity index (χ0n) is 17.7. The van der Waals surface area contributed by atoms with E-state index in [9.17, 15) is 14.7 Å². The van der Waals surface area contributed by atoms with Crippen molar-refractivity contribution in [3.8, 4) is 0 Å². The number of pyridine rings is 1. The number of piperazine rings is 1. The second kappa shape index (κ2) is 7.98. The van der Waals surface area contributed by atoms with Crippen molar-refractivity contribution in [1.82, 2.24) is 19.2 Å². The Morgan fingerprint density at radius 2 is 1.94 bits per heavy atom. The van der Waals surface area contributed by atoms with Crippen molar-refractivity contribution in [3.05, 3.63) is 28.7 Å². The Morgan fingerprint density at radius 1 is 1.19 bits per heavy atom. The van der Waals surface area contributed by atoms with Crippen LogP contribution in [0.15, 0.2) is 12.3 Å². The predicted molar refractivity (Wildman–Crippen MR) is 118 cm³/mol. The van der Waals surface area contributed by atoms with Crippen LogP contribution in [0.2, 0.25) is 5.15 Å². The zero-order valence-corrected chi connectivity index (χ0v) is 18.4. The molecule has 3 heterocycles. The fourth-order valence-corrected chi connectivity index (χ4v) is 5.12. The minimum Gasteiger partial charge on any atom is -0.393 e. The van der Waals surface area contributed by atoms with Crippen molar-refractivity contribution < 1.29 is 14.7 Å².